The Morgan fingerprint density at radius 1 is 1.14 bits per heavy atom. The van der Waals surface area contributed by atoms with Crippen molar-refractivity contribution in [1.82, 2.24) is 5.32 Å². The van der Waals surface area contributed by atoms with Crippen molar-refractivity contribution in [2.75, 3.05) is 13.1 Å². The van der Waals surface area contributed by atoms with Crippen molar-refractivity contribution in [2.24, 2.45) is 5.92 Å². The number of nitrogens with one attached hydrogen (secondary N) is 1. The average molecular weight is 365 g/mol. The fraction of sp³-hybridized carbons (Fsp3) is 0.333. The van der Waals surface area contributed by atoms with E-state index < -0.39 is 0 Å². The monoisotopic (exact) mass is 363 g/mol. The van der Waals surface area contributed by atoms with E-state index in [1.165, 1.54) is 11.1 Å². The number of hydrogen-bond donors (Lipinski definition) is 1. The molecule has 1 saturated heterocycles. The molecule has 1 fully saturated rings. The highest BCUT2D eigenvalue weighted by molar-refractivity contribution is 9.10. The second-order valence-electron chi connectivity index (χ2n) is 5.71. The molecule has 3 rings (SSSR count). The first-order chi connectivity index (χ1) is 10.2. The van der Waals surface area contributed by atoms with Crippen LogP contribution >= 0.6 is 27.5 Å². The standard InChI is InChI=1S/C18H19BrClN/c19-15-6-7-18(20)17(11-15)16-8-9-21-12-14(16)10-13-4-2-1-3-5-13/h1-7,11,14,16,21H,8-10,12H2. The highest BCUT2D eigenvalue weighted by Crippen LogP contribution is 2.37. The summed E-state index contributed by atoms with van der Waals surface area (Å²) in [4.78, 5) is 0. The molecule has 1 aliphatic rings. The molecule has 2 aromatic carbocycles. The fourth-order valence-electron chi connectivity index (χ4n) is 3.26. The van der Waals surface area contributed by atoms with Crippen LogP contribution in [0.3, 0.4) is 0 Å². The summed E-state index contributed by atoms with van der Waals surface area (Å²) < 4.78 is 1.11. The van der Waals surface area contributed by atoms with E-state index in [0.717, 1.165) is 35.4 Å². The third-order valence-electron chi connectivity index (χ3n) is 4.31. The molecular weight excluding hydrogens is 346 g/mol. The molecule has 2 unspecified atom stereocenters. The molecule has 2 atom stereocenters. The number of benzene rings is 2. The molecule has 1 heterocycles. The predicted octanol–water partition coefficient (Wildman–Crippen LogP) is 5.04. The number of hydrogen-bond acceptors (Lipinski definition) is 1. The third-order valence-corrected chi connectivity index (χ3v) is 5.14. The van der Waals surface area contributed by atoms with Crippen LogP contribution in [0.2, 0.25) is 5.02 Å². The molecule has 0 saturated carbocycles. The van der Waals surface area contributed by atoms with Gasteiger partial charge in [0.2, 0.25) is 0 Å². The van der Waals surface area contributed by atoms with Crippen LogP contribution in [-0.2, 0) is 6.42 Å². The Morgan fingerprint density at radius 3 is 2.76 bits per heavy atom. The Bertz CT molecular complexity index is 599. The van der Waals surface area contributed by atoms with Crippen LogP contribution in [-0.4, -0.2) is 13.1 Å². The molecule has 3 heteroatoms. The van der Waals surface area contributed by atoms with Gasteiger partial charge in [0.15, 0.2) is 0 Å². The molecule has 0 aliphatic carbocycles. The lowest BCUT2D eigenvalue weighted by Gasteiger charge is -2.33. The van der Waals surface area contributed by atoms with Gasteiger partial charge in [0.1, 0.15) is 0 Å². The number of halogens is 2. The van der Waals surface area contributed by atoms with Crippen molar-refractivity contribution in [3.05, 3.63) is 69.2 Å². The van der Waals surface area contributed by atoms with E-state index in [9.17, 15) is 0 Å². The highest BCUT2D eigenvalue weighted by atomic mass is 79.9. The lowest BCUT2D eigenvalue weighted by Crippen LogP contribution is -2.36. The first kappa shape index (κ1) is 15.1. The zero-order valence-electron chi connectivity index (χ0n) is 11.9. The van der Waals surface area contributed by atoms with Crippen LogP contribution in [0.1, 0.15) is 23.5 Å². The van der Waals surface area contributed by atoms with Gasteiger partial charge >= 0.3 is 0 Å². The Morgan fingerprint density at radius 2 is 1.95 bits per heavy atom. The van der Waals surface area contributed by atoms with Crippen molar-refractivity contribution in [1.29, 1.82) is 0 Å². The van der Waals surface area contributed by atoms with Gasteiger partial charge in [-0.15, -0.1) is 0 Å². The van der Waals surface area contributed by atoms with Gasteiger partial charge in [0, 0.05) is 9.50 Å². The molecule has 21 heavy (non-hydrogen) atoms. The zero-order valence-corrected chi connectivity index (χ0v) is 14.2. The largest absolute Gasteiger partial charge is 0.316 e. The summed E-state index contributed by atoms with van der Waals surface area (Å²) in [6.45, 7) is 2.13. The molecule has 1 N–H and O–H groups in total. The molecule has 1 aliphatic heterocycles. The van der Waals surface area contributed by atoms with Gasteiger partial charge < -0.3 is 5.32 Å². The first-order valence-electron chi connectivity index (χ1n) is 7.43. The molecule has 1 nitrogen and oxygen atoms in total. The molecule has 2 aromatic rings. The average Bonchev–Trinajstić information content (AvgIpc) is 2.51. The minimum atomic E-state index is 0.524. The summed E-state index contributed by atoms with van der Waals surface area (Å²) in [7, 11) is 0. The van der Waals surface area contributed by atoms with Gasteiger partial charge in [-0.3, -0.25) is 0 Å². The zero-order chi connectivity index (χ0) is 14.7. The minimum Gasteiger partial charge on any atom is -0.316 e. The summed E-state index contributed by atoms with van der Waals surface area (Å²) in [6.07, 6.45) is 2.25. The van der Waals surface area contributed by atoms with Gasteiger partial charge in [-0.2, -0.15) is 0 Å². The predicted molar refractivity (Wildman–Crippen MR) is 93.0 cm³/mol. The van der Waals surface area contributed by atoms with Crippen LogP contribution < -0.4 is 5.32 Å². The Labute approximate surface area is 139 Å². The molecular formula is C18H19BrClN. The van der Waals surface area contributed by atoms with Crippen LogP contribution in [0.25, 0.3) is 0 Å². The third kappa shape index (κ3) is 3.68. The van der Waals surface area contributed by atoms with Crippen molar-refractivity contribution in [3.8, 4) is 0 Å². The second-order valence-corrected chi connectivity index (χ2v) is 7.04. The van der Waals surface area contributed by atoms with E-state index in [-0.39, 0.29) is 0 Å². The van der Waals surface area contributed by atoms with Crippen LogP contribution in [0, 0.1) is 5.92 Å². The van der Waals surface area contributed by atoms with Gasteiger partial charge in [-0.1, -0.05) is 57.9 Å². The normalized spacial score (nSPS) is 22.2. The summed E-state index contributed by atoms with van der Waals surface area (Å²) in [5.41, 5.74) is 2.69. The van der Waals surface area contributed by atoms with E-state index in [4.69, 9.17) is 11.6 Å². The number of piperidine rings is 1. The summed E-state index contributed by atoms with van der Waals surface area (Å²) >= 11 is 10.0. The molecule has 110 valence electrons. The topological polar surface area (TPSA) is 12.0 Å². The lowest BCUT2D eigenvalue weighted by atomic mass is 9.78. The van der Waals surface area contributed by atoms with Crippen molar-refractivity contribution in [2.45, 2.75) is 18.8 Å². The maximum absolute atomic E-state index is 6.46. The fourth-order valence-corrected chi connectivity index (χ4v) is 3.90. The summed E-state index contributed by atoms with van der Waals surface area (Å²) in [6, 6.07) is 16.9. The maximum Gasteiger partial charge on any atom is 0.0441 e. The highest BCUT2D eigenvalue weighted by Gasteiger charge is 2.28. The van der Waals surface area contributed by atoms with Gasteiger partial charge in [0.05, 0.1) is 0 Å². The molecule has 0 aromatic heterocycles. The van der Waals surface area contributed by atoms with E-state index >= 15 is 0 Å². The van der Waals surface area contributed by atoms with Gasteiger partial charge in [0.25, 0.3) is 0 Å². The maximum atomic E-state index is 6.46. The SMILES string of the molecule is Clc1ccc(Br)cc1C1CCNCC1Cc1ccccc1. The first-order valence-corrected chi connectivity index (χ1v) is 8.61. The van der Waals surface area contributed by atoms with Crippen molar-refractivity contribution in [3.63, 3.8) is 0 Å². The van der Waals surface area contributed by atoms with E-state index in [1.54, 1.807) is 0 Å². The second kappa shape index (κ2) is 6.95. The molecule has 0 radical (unpaired) electrons. The van der Waals surface area contributed by atoms with Gasteiger partial charge in [-0.05, 0) is 67.1 Å². The van der Waals surface area contributed by atoms with Crippen LogP contribution in [0.5, 0.6) is 0 Å². The summed E-state index contributed by atoms with van der Waals surface area (Å²) in [5, 5.41) is 4.43. The van der Waals surface area contributed by atoms with E-state index in [1.807, 2.05) is 12.1 Å². The Balaban J connectivity index is 1.86. The molecule has 0 amide bonds. The smallest absolute Gasteiger partial charge is 0.0441 e. The minimum absolute atomic E-state index is 0.524. The van der Waals surface area contributed by atoms with Crippen molar-refractivity contribution >= 4 is 27.5 Å². The van der Waals surface area contributed by atoms with Crippen LogP contribution in [0.4, 0.5) is 0 Å². The number of rotatable bonds is 3. The van der Waals surface area contributed by atoms with Crippen molar-refractivity contribution < 1.29 is 0 Å². The quantitative estimate of drug-likeness (QED) is 0.804. The lowest BCUT2D eigenvalue weighted by molar-refractivity contribution is 0.324. The Hall–Kier alpha value is -0.830. The molecule has 0 bridgehead atoms. The molecule has 0 spiro atoms. The van der Waals surface area contributed by atoms with Gasteiger partial charge in [-0.25, -0.2) is 0 Å². The van der Waals surface area contributed by atoms with Crippen LogP contribution in [0.15, 0.2) is 53.0 Å². The Kier molecular flexibility index (Phi) is 4.99. The van der Waals surface area contributed by atoms with E-state index in [2.05, 4.69) is 57.6 Å². The summed E-state index contributed by atoms with van der Waals surface area (Å²) in [5.74, 6) is 1.12. The van der Waals surface area contributed by atoms with E-state index in [0.29, 0.717) is 11.8 Å².